The van der Waals surface area contributed by atoms with E-state index in [4.69, 9.17) is 4.74 Å². The molecule has 0 bridgehead atoms. The first kappa shape index (κ1) is 11.5. The molecule has 1 heterocycles. The molecule has 2 aliphatic rings. The van der Waals surface area contributed by atoms with Crippen LogP contribution in [0.3, 0.4) is 0 Å². The maximum absolute atomic E-state index is 5.93. The van der Waals surface area contributed by atoms with Gasteiger partial charge in [-0.05, 0) is 58.6 Å². The minimum atomic E-state index is -0.0608. The van der Waals surface area contributed by atoms with Crippen LogP contribution in [0, 0.1) is 5.92 Å². The average Bonchev–Trinajstić information content (AvgIpc) is 2.56. The third kappa shape index (κ3) is 2.23. The van der Waals surface area contributed by atoms with Gasteiger partial charge in [0.2, 0.25) is 0 Å². The minimum absolute atomic E-state index is 0.0608. The molecule has 0 saturated carbocycles. The van der Waals surface area contributed by atoms with Gasteiger partial charge in [-0.3, -0.25) is 0 Å². The fourth-order valence-corrected chi connectivity index (χ4v) is 2.61. The van der Waals surface area contributed by atoms with E-state index in [1.165, 1.54) is 24.0 Å². The van der Waals surface area contributed by atoms with Gasteiger partial charge in [-0.2, -0.15) is 0 Å². The maximum Gasteiger partial charge on any atom is 0.109 e. The van der Waals surface area contributed by atoms with E-state index < -0.39 is 0 Å². The van der Waals surface area contributed by atoms with Gasteiger partial charge in [-0.1, -0.05) is 17.7 Å². The normalized spacial score (nSPS) is 31.0. The van der Waals surface area contributed by atoms with Crippen molar-refractivity contribution >= 4 is 0 Å². The van der Waals surface area contributed by atoms with Crippen molar-refractivity contribution in [2.24, 2.45) is 5.92 Å². The second-order valence-corrected chi connectivity index (χ2v) is 5.48. The Labute approximate surface area is 98.9 Å². The standard InChI is InChI=1S/C15H22O/c1-11-6-5-7-13(11)10-14-9-8-12(2)16-15(14,3)4/h6,8,10,14H,5,7,9H2,1-4H3/b13-10+/t14-/m0/s1. The molecule has 0 N–H and O–H groups in total. The second kappa shape index (κ2) is 4.12. The van der Waals surface area contributed by atoms with E-state index >= 15 is 0 Å². The molecule has 16 heavy (non-hydrogen) atoms. The maximum atomic E-state index is 5.93. The van der Waals surface area contributed by atoms with E-state index in [-0.39, 0.29) is 5.60 Å². The molecular weight excluding hydrogens is 196 g/mol. The van der Waals surface area contributed by atoms with Crippen LogP contribution >= 0.6 is 0 Å². The fraction of sp³-hybridized carbons (Fsp3) is 0.600. The van der Waals surface area contributed by atoms with Crippen LogP contribution in [-0.4, -0.2) is 5.60 Å². The van der Waals surface area contributed by atoms with Crippen LogP contribution in [0.1, 0.15) is 47.0 Å². The molecule has 1 atom stereocenters. The molecule has 1 nitrogen and oxygen atoms in total. The van der Waals surface area contributed by atoms with Gasteiger partial charge < -0.3 is 4.74 Å². The summed E-state index contributed by atoms with van der Waals surface area (Å²) in [5, 5.41) is 0. The van der Waals surface area contributed by atoms with Crippen molar-refractivity contribution in [1.82, 2.24) is 0 Å². The molecule has 2 rings (SSSR count). The zero-order chi connectivity index (χ0) is 11.8. The van der Waals surface area contributed by atoms with Crippen molar-refractivity contribution in [3.63, 3.8) is 0 Å². The van der Waals surface area contributed by atoms with Gasteiger partial charge in [-0.25, -0.2) is 0 Å². The van der Waals surface area contributed by atoms with Gasteiger partial charge in [0.15, 0.2) is 0 Å². The van der Waals surface area contributed by atoms with Gasteiger partial charge >= 0.3 is 0 Å². The third-order valence-electron chi connectivity index (χ3n) is 3.75. The highest BCUT2D eigenvalue weighted by atomic mass is 16.5. The first-order chi connectivity index (χ1) is 7.49. The Morgan fingerprint density at radius 1 is 1.31 bits per heavy atom. The molecule has 0 aromatic rings. The molecule has 0 radical (unpaired) electrons. The smallest absolute Gasteiger partial charge is 0.109 e. The molecule has 1 aliphatic heterocycles. The van der Waals surface area contributed by atoms with Gasteiger partial charge in [0.25, 0.3) is 0 Å². The average molecular weight is 218 g/mol. The summed E-state index contributed by atoms with van der Waals surface area (Å²) in [4.78, 5) is 0. The number of hydrogen-bond donors (Lipinski definition) is 0. The first-order valence-electron chi connectivity index (χ1n) is 6.22. The van der Waals surface area contributed by atoms with Crippen molar-refractivity contribution in [2.45, 2.75) is 52.6 Å². The fourth-order valence-electron chi connectivity index (χ4n) is 2.61. The van der Waals surface area contributed by atoms with E-state index in [1.54, 1.807) is 0 Å². The third-order valence-corrected chi connectivity index (χ3v) is 3.75. The molecule has 0 aromatic carbocycles. The largest absolute Gasteiger partial charge is 0.492 e. The zero-order valence-corrected chi connectivity index (χ0v) is 10.8. The molecule has 0 amide bonds. The Hall–Kier alpha value is -0.980. The summed E-state index contributed by atoms with van der Waals surface area (Å²) in [6, 6.07) is 0. The van der Waals surface area contributed by atoms with Crippen LogP contribution in [-0.2, 0) is 4.74 Å². The Morgan fingerprint density at radius 3 is 2.62 bits per heavy atom. The molecule has 0 saturated heterocycles. The zero-order valence-electron chi connectivity index (χ0n) is 10.8. The van der Waals surface area contributed by atoms with E-state index in [9.17, 15) is 0 Å². The Balaban J connectivity index is 2.19. The molecule has 0 fully saturated rings. The van der Waals surface area contributed by atoms with E-state index in [0.29, 0.717) is 5.92 Å². The molecule has 1 aliphatic carbocycles. The lowest BCUT2D eigenvalue weighted by Gasteiger charge is -2.37. The summed E-state index contributed by atoms with van der Waals surface area (Å²) in [7, 11) is 0. The Kier molecular flexibility index (Phi) is 2.96. The van der Waals surface area contributed by atoms with Crippen molar-refractivity contribution < 1.29 is 4.74 Å². The van der Waals surface area contributed by atoms with Gasteiger partial charge in [0.05, 0.1) is 5.76 Å². The molecule has 1 heteroatoms. The predicted octanol–water partition coefficient (Wildman–Crippen LogP) is 4.37. The van der Waals surface area contributed by atoms with E-state index in [2.05, 4.69) is 39.0 Å². The van der Waals surface area contributed by atoms with Gasteiger partial charge in [0.1, 0.15) is 5.60 Å². The number of hydrogen-bond acceptors (Lipinski definition) is 1. The van der Waals surface area contributed by atoms with Crippen LogP contribution in [0.25, 0.3) is 0 Å². The van der Waals surface area contributed by atoms with Crippen molar-refractivity contribution in [3.05, 3.63) is 35.1 Å². The highest BCUT2D eigenvalue weighted by Gasteiger charge is 2.32. The monoisotopic (exact) mass is 218 g/mol. The molecule has 0 unspecified atom stereocenters. The van der Waals surface area contributed by atoms with Crippen molar-refractivity contribution in [2.75, 3.05) is 0 Å². The number of allylic oxidation sites excluding steroid dienone is 5. The van der Waals surface area contributed by atoms with Crippen LogP contribution in [0.5, 0.6) is 0 Å². The summed E-state index contributed by atoms with van der Waals surface area (Å²) in [5.41, 5.74) is 2.92. The van der Waals surface area contributed by atoms with Gasteiger partial charge in [-0.15, -0.1) is 0 Å². The van der Waals surface area contributed by atoms with E-state index in [0.717, 1.165) is 12.2 Å². The molecular formula is C15H22O. The number of rotatable bonds is 1. The summed E-state index contributed by atoms with van der Waals surface area (Å²) in [5.74, 6) is 1.57. The lowest BCUT2D eigenvalue weighted by Crippen LogP contribution is -2.35. The van der Waals surface area contributed by atoms with Crippen LogP contribution in [0.4, 0.5) is 0 Å². The lowest BCUT2D eigenvalue weighted by atomic mass is 9.83. The highest BCUT2D eigenvalue weighted by molar-refractivity contribution is 5.35. The van der Waals surface area contributed by atoms with Crippen molar-refractivity contribution in [1.29, 1.82) is 0 Å². The van der Waals surface area contributed by atoms with Crippen LogP contribution in [0.15, 0.2) is 35.1 Å². The second-order valence-electron chi connectivity index (χ2n) is 5.48. The van der Waals surface area contributed by atoms with Crippen LogP contribution < -0.4 is 0 Å². The predicted molar refractivity (Wildman–Crippen MR) is 68.1 cm³/mol. The lowest BCUT2D eigenvalue weighted by molar-refractivity contribution is -0.0123. The SMILES string of the molecule is CC1=CC[C@@H](/C=C2\CCC=C2C)C(C)(C)O1. The number of ether oxygens (including phenoxy) is 1. The topological polar surface area (TPSA) is 9.23 Å². The Bertz CT molecular complexity index is 369. The first-order valence-corrected chi connectivity index (χ1v) is 6.22. The Morgan fingerprint density at radius 2 is 2.06 bits per heavy atom. The molecule has 0 spiro atoms. The van der Waals surface area contributed by atoms with E-state index in [1.807, 2.05) is 6.92 Å². The van der Waals surface area contributed by atoms with Gasteiger partial charge in [0, 0.05) is 5.92 Å². The minimum Gasteiger partial charge on any atom is -0.492 e. The molecule has 88 valence electrons. The molecule has 0 aromatic heterocycles. The summed E-state index contributed by atoms with van der Waals surface area (Å²) in [6.07, 6.45) is 10.5. The highest BCUT2D eigenvalue weighted by Crippen LogP contribution is 2.36. The van der Waals surface area contributed by atoms with Crippen LogP contribution in [0.2, 0.25) is 0 Å². The quantitative estimate of drug-likeness (QED) is 0.635. The summed E-state index contributed by atoms with van der Waals surface area (Å²) < 4.78 is 5.93. The summed E-state index contributed by atoms with van der Waals surface area (Å²) in [6.45, 7) is 8.65. The van der Waals surface area contributed by atoms with Crippen molar-refractivity contribution in [3.8, 4) is 0 Å². The summed E-state index contributed by atoms with van der Waals surface area (Å²) >= 11 is 0.